The molecule has 0 saturated carbocycles. The summed E-state index contributed by atoms with van der Waals surface area (Å²) in [6, 6.07) is 3.00. The maximum atomic E-state index is 4.00. The molecule has 0 heterocycles. The van der Waals surface area contributed by atoms with Crippen LogP contribution in [0.4, 0.5) is 0 Å². The van der Waals surface area contributed by atoms with Crippen molar-refractivity contribution in [2.75, 3.05) is 0 Å². The molecule has 0 fully saturated rings. The average molecular weight is 283 g/mol. The van der Waals surface area contributed by atoms with Gasteiger partial charge in [-0.1, -0.05) is 90.1 Å². The fraction of sp³-hybridized carbons (Fsp3) is 1.00. The summed E-state index contributed by atoms with van der Waals surface area (Å²) in [5.74, 6) is 0. The van der Waals surface area contributed by atoms with Crippen molar-refractivity contribution in [3.63, 3.8) is 0 Å². The fourth-order valence-electron chi connectivity index (χ4n) is 1.96. The number of hydrogen-bond acceptors (Lipinski definition) is 0. The lowest BCUT2D eigenvalue weighted by Crippen LogP contribution is -2.22. The minimum atomic E-state index is -0.136. The van der Waals surface area contributed by atoms with Gasteiger partial charge in [0, 0.05) is 26.6 Å². The average Bonchev–Trinajstić information content (AvgIpc) is 2.33. The van der Waals surface area contributed by atoms with E-state index >= 15 is 0 Å². The van der Waals surface area contributed by atoms with E-state index in [0.29, 0.717) is 0 Å². The first-order chi connectivity index (χ1) is 8.31. The molecule has 0 rings (SSSR count). The molecule has 0 aromatic heterocycles. The second-order valence-corrected chi connectivity index (χ2v) is 13.5. The van der Waals surface area contributed by atoms with Gasteiger partial charge in [0.25, 0.3) is 0 Å². The van der Waals surface area contributed by atoms with Gasteiger partial charge in [0.15, 0.2) is 0 Å². The molecule has 0 atom stereocenters. The summed E-state index contributed by atoms with van der Waals surface area (Å²) in [7, 11) is 5.10. The molecule has 0 bridgehead atoms. The summed E-state index contributed by atoms with van der Waals surface area (Å²) in [6.45, 7) is 4.58. The standard InChI is InChI=1S/C14H30Si3/c1-3-5-7-9-11-13-16-17(15)14-12-10-8-6-4-2/h3-14H2,1-2H3. The summed E-state index contributed by atoms with van der Waals surface area (Å²) >= 11 is 0. The van der Waals surface area contributed by atoms with E-state index in [1.807, 2.05) is 0 Å². The van der Waals surface area contributed by atoms with Crippen molar-refractivity contribution >= 4 is 26.6 Å². The molecule has 0 N–H and O–H groups in total. The third-order valence-corrected chi connectivity index (χ3v) is 10.2. The number of hydrogen-bond donors (Lipinski definition) is 0. The first-order valence-electron chi connectivity index (χ1n) is 7.62. The molecule has 0 nitrogen and oxygen atoms in total. The van der Waals surface area contributed by atoms with Crippen molar-refractivity contribution in [1.29, 1.82) is 0 Å². The van der Waals surface area contributed by atoms with E-state index in [9.17, 15) is 0 Å². The molecule has 0 spiro atoms. The first kappa shape index (κ1) is 17.7. The molecule has 0 aromatic rings. The van der Waals surface area contributed by atoms with Crippen LogP contribution < -0.4 is 0 Å². The molecule has 0 aromatic carbocycles. The zero-order chi connectivity index (χ0) is 12.8. The lowest BCUT2D eigenvalue weighted by molar-refractivity contribution is 0.654. The maximum Gasteiger partial charge on any atom is 0.0218 e. The van der Waals surface area contributed by atoms with Crippen molar-refractivity contribution in [2.45, 2.75) is 90.1 Å². The Balaban J connectivity index is 3.09. The molecule has 98 valence electrons. The highest BCUT2D eigenvalue weighted by Gasteiger charge is 2.04. The van der Waals surface area contributed by atoms with E-state index in [0.717, 1.165) is 0 Å². The van der Waals surface area contributed by atoms with Crippen LogP contribution in [0.25, 0.3) is 0 Å². The summed E-state index contributed by atoms with van der Waals surface area (Å²) < 4.78 is 0. The van der Waals surface area contributed by atoms with Gasteiger partial charge in [0.2, 0.25) is 0 Å². The monoisotopic (exact) mass is 282 g/mol. The molecule has 0 saturated heterocycles. The van der Waals surface area contributed by atoms with Crippen molar-refractivity contribution in [3.05, 3.63) is 0 Å². The smallest absolute Gasteiger partial charge is 0.0218 e. The van der Waals surface area contributed by atoms with Crippen molar-refractivity contribution in [3.8, 4) is 0 Å². The maximum absolute atomic E-state index is 4.00. The molecule has 17 heavy (non-hydrogen) atoms. The zero-order valence-corrected chi connectivity index (χ0v) is 15.0. The van der Waals surface area contributed by atoms with Gasteiger partial charge in [0.05, 0.1) is 0 Å². The highest BCUT2D eigenvalue weighted by Crippen LogP contribution is 2.09. The number of unbranched alkanes of at least 4 members (excludes halogenated alkanes) is 8. The van der Waals surface area contributed by atoms with E-state index in [4.69, 9.17) is 0 Å². The molecule has 6 radical (unpaired) electrons. The highest BCUT2D eigenvalue weighted by molar-refractivity contribution is 7.34. The molecular formula is C14H30Si3. The second-order valence-electron chi connectivity index (χ2n) is 4.98. The molecule has 0 aliphatic heterocycles. The fourth-order valence-corrected chi connectivity index (χ4v) is 7.62. The number of rotatable bonds is 13. The Labute approximate surface area is 117 Å². The Morgan fingerprint density at radius 1 is 0.765 bits per heavy atom. The Hall–Kier alpha value is 0.651. The van der Waals surface area contributed by atoms with Crippen LogP contribution in [0.3, 0.4) is 0 Å². The minimum Gasteiger partial charge on any atom is -0.0654 e. The van der Waals surface area contributed by atoms with E-state index < -0.39 is 0 Å². The second kappa shape index (κ2) is 14.7. The minimum absolute atomic E-state index is 0.136. The Bertz CT molecular complexity index is 139. The molecule has 0 aliphatic rings. The van der Waals surface area contributed by atoms with Crippen LogP contribution in [0.5, 0.6) is 0 Å². The SMILES string of the molecule is CCCCCCC[Si][Si]([Si])CCCCCCC. The lowest BCUT2D eigenvalue weighted by Gasteiger charge is -2.08. The van der Waals surface area contributed by atoms with Crippen LogP contribution in [-0.2, 0) is 0 Å². The van der Waals surface area contributed by atoms with Gasteiger partial charge in [-0.2, -0.15) is 0 Å². The van der Waals surface area contributed by atoms with Crippen LogP contribution in [-0.4, -0.2) is 26.6 Å². The van der Waals surface area contributed by atoms with E-state index in [1.54, 1.807) is 0 Å². The van der Waals surface area contributed by atoms with E-state index in [-0.39, 0.29) is 7.83 Å². The van der Waals surface area contributed by atoms with Gasteiger partial charge in [0.1, 0.15) is 0 Å². The summed E-state index contributed by atoms with van der Waals surface area (Å²) in [5, 5.41) is 0. The molecule has 0 aliphatic carbocycles. The van der Waals surface area contributed by atoms with Gasteiger partial charge in [-0.15, -0.1) is 0 Å². The van der Waals surface area contributed by atoms with Crippen molar-refractivity contribution in [2.24, 2.45) is 0 Å². The van der Waals surface area contributed by atoms with Gasteiger partial charge < -0.3 is 0 Å². The highest BCUT2D eigenvalue weighted by atomic mass is 29.5. The summed E-state index contributed by atoms with van der Waals surface area (Å²) in [4.78, 5) is 0. The van der Waals surface area contributed by atoms with Gasteiger partial charge in [-0.3, -0.25) is 0 Å². The van der Waals surface area contributed by atoms with Gasteiger partial charge >= 0.3 is 0 Å². The van der Waals surface area contributed by atoms with Crippen LogP contribution in [0.1, 0.15) is 78.1 Å². The quantitative estimate of drug-likeness (QED) is 0.339. The van der Waals surface area contributed by atoms with Crippen LogP contribution in [0.2, 0.25) is 12.1 Å². The largest absolute Gasteiger partial charge is 0.0654 e. The Kier molecular flexibility index (Phi) is 15.3. The van der Waals surface area contributed by atoms with E-state index in [2.05, 4.69) is 23.6 Å². The van der Waals surface area contributed by atoms with Crippen LogP contribution in [0, 0.1) is 0 Å². The lowest BCUT2D eigenvalue weighted by atomic mass is 10.2. The van der Waals surface area contributed by atoms with Gasteiger partial charge in [-0.05, 0) is 0 Å². The third-order valence-electron chi connectivity index (χ3n) is 3.15. The predicted octanol–water partition coefficient (Wildman–Crippen LogP) is 4.71. The Morgan fingerprint density at radius 2 is 1.29 bits per heavy atom. The zero-order valence-electron chi connectivity index (χ0n) is 12.0. The van der Waals surface area contributed by atoms with Crippen LogP contribution in [0.15, 0.2) is 0 Å². The summed E-state index contributed by atoms with van der Waals surface area (Å²) in [6.07, 6.45) is 14.4. The molecular weight excluding hydrogens is 252 g/mol. The molecule has 0 amide bonds. The first-order valence-corrected chi connectivity index (χ1v) is 13.0. The van der Waals surface area contributed by atoms with Gasteiger partial charge in [-0.25, -0.2) is 0 Å². The predicted molar refractivity (Wildman–Crippen MR) is 84.4 cm³/mol. The molecule has 3 heteroatoms. The summed E-state index contributed by atoms with van der Waals surface area (Å²) in [5.41, 5.74) is 0. The molecule has 0 unspecified atom stereocenters. The van der Waals surface area contributed by atoms with Crippen LogP contribution >= 0.6 is 0 Å². The topological polar surface area (TPSA) is 0 Å². The van der Waals surface area contributed by atoms with Crippen molar-refractivity contribution in [1.82, 2.24) is 0 Å². The van der Waals surface area contributed by atoms with Crippen molar-refractivity contribution < 1.29 is 0 Å². The normalized spacial score (nSPS) is 11.3. The third kappa shape index (κ3) is 14.6. The van der Waals surface area contributed by atoms with E-state index in [1.165, 1.54) is 85.3 Å². The Morgan fingerprint density at radius 3 is 1.88 bits per heavy atom.